The lowest BCUT2D eigenvalue weighted by Crippen LogP contribution is -2.32. The Hall–Kier alpha value is -2.16. The van der Waals surface area contributed by atoms with Gasteiger partial charge in [0, 0.05) is 21.1 Å². The highest BCUT2D eigenvalue weighted by molar-refractivity contribution is 5.78. The lowest BCUT2D eigenvalue weighted by atomic mass is 10.5. The summed E-state index contributed by atoms with van der Waals surface area (Å²) in [6.45, 7) is 0.0148. The van der Waals surface area contributed by atoms with E-state index in [-0.39, 0.29) is 12.5 Å². The monoisotopic (exact) mass is 240 g/mol. The number of nitrogens with two attached hydrogens (primary N) is 2. The number of hydrogen-bond acceptors (Lipinski definition) is 8. The number of rotatable bonds is 5. The van der Waals surface area contributed by atoms with Crippen LogP contribution in [0.5, 0.6) is 0 Å². The van der Waals surface area contributed by atoms with Gasteiger partial charge < -0.3 is 15.5 Å². The predicted molar refractivity (Wildman–Crippen MR) is 64.4 cm³/mol. The van der Waals surface area contributed by atoms with Gasteiger partial charge in [-0.2, -0.15) is 15.0 Å². The van der Waals surface area contributed by atoms with Crippen LogP contribution in [0.25, 0.3) is 0 Å². The molecule has 1 heterocycles. The fourth-order valence-corrected chi connectivity index (χ4v) is 1.09. The summed E-state index contributed by atoms with van der Waals surface area (Å²) in [5.41, 5.74) is 7.44. The molecular formula is C8H16N8O. The molecule has 0 aliphatic rings. The van der Waals surface area contributed by atoms with Gasteiger partial charge in [0.25, 0.3) is 0 Å². The van der Waals surface area contributed by atoms with Crippen molar-refractivity contribution in [1.82, 2.24) is 15.0 Å². The molecule has 1 aromatic heterocycles. The van der Waals surface area contributed by atoms with Gasteiger partial charge in [0.15, 0.2) is 0 Å². The van der Waals surface area contributed by atoms with Crippen molar-refractivity contribution in [3.8, 4) is 0 Å². The van der Waals surface area contributed by atoms with Gasteiger partial charge in [-0.1, -0.05) is 0 Å². The Morgan fingerprint density at radius 1 is 1.24 bits per heavy atom. The zero-order valence-corrected chi connectivity index (χ0v) is 10.0. The zero-order valence-electron chi connectivity index (χ0n) is 10.0. The van der Waals surface area contributed by atoms with Crippen LogP contribution in [-0.2, 0) is 4.79 Å². The van der Waals surface area contributed by atoms with E-state index in [1.165, 1.54) is 4.90 Å². The zero-order chi connectivity index (χ0) is 13.0. The van der Waals surface area contributed by atoms with Crippen molar-refractivity contribution >= 4 is 23.8 Å². The van der Waals surface area contributed by atoms with Crippen LogP contribution in [-0.4, -0.2) is 48.5 Å². The van der Waals surface area contributed by atoms with E-state index in [1.807, 2.05) is 0 Å². The molecule has 9 heteroatoms. The van der Waals surface area contributed by atoms with Crippen LogP contribution in [0.4, 0.5) is 17.8 Å². The Morgan fingerprint density at radius 2 is 1.82 bits per heavy atom. The largest absolute Gasteiger partial charge is 0.368 e. The van der Waals surface area contributed by atoms with Crippen molar-refractivity contribution in [2.45, 2.75) is 0 Å². The van der Waals surface area contributed by atoms with E-state index in [1.54, 1.807) is 26.0 Å². The van der Waals surface area contributed by atoms with Crippen LogP contribution in [0, 0.1) is 0 Å². The quantitative estimate of drug-likeness (QED) is 0.404. The van der Waals surface area contributed by atoms with Gasteiger partial charge in [0.1, 0.15) is 0 Å². The summed E-state index contributed by atoms with van der Waals surface area (Å²) < 4.78 is 0. The molecule has 1 rings (SSSR count). The van der Waals surface area contributed by atoms with E-state index in [9.17, 15) is 4.79 Å². The molecule has 0 fully saturated rings. The second-order valence-electron chi connectivity index (χ2n) is 3.62. The van der Waals surface area contributed by atoms with Gasteiger partial charge >= 0.3 is 0 Å². The maximum atomic E-state index is 10.8. The average Bonchev–Trinajstić information content (AvgIpc) is 2.27. The molecule has 94 valence electrons. The Morgan fingerprint density at radius 3 is 2.29 bits per heavy atom. The fourth-order valence-electron chi connectivity index (χ4n) is 1.09. The first-order valence-corrected chi connectivity index (χ1v) is 4.83. The van der Waals surface area contributed by atoms with Gasteiger partial charge in [0.05, 0.1) is 6.54 Å². The molecule has 0 saturated heterocycles. The number of likely N-dealkylation sites (N-methyl/N-ethyl adjacent to an activating group) is 1. The molecule has 0 radical (unpaired) electrons. The van der Waals surface area contributed by atoms with Crippen molar-refractivity contribution in [1.29, 1.82) is 0 Å². The number of primary amides is 1. The SMILES string of the molecule is CN(C)c1nc(NN)nc(N(C)CC(N)=O)n1. The predicted octanol–water partition coefficient (Wildman–Crippen LogP) is -1.86. The van der Waals surface area contributed by atoms with E-state index in [4.69, 9.17) is 11.6 Å². The maximum absolute atomic E-state index is 10.8. The number of hydrogen-bond donors (Lipinski definition) is 3. The van der Waals surface area contributed by atoms with Crippen molar-refractivity contribution in [3.63, 3.8) is 0 Å². The molecule has 0 aromatic carbocycles. The topological polar surface area (TPSA) is 126 Å². The number of amides is 1. The first-order valence-electron chi connectivity index (χ1n) is 4.83. The Bertz CT molecular complexity index is 407. The molecule has 0 saturated carbocycles. The van der Waals surface area contributed by atoms with Crippen LogP contribution in [0.15, 0.2) is 0 Å². The lowest BCUT2D eigenvalue weighted by Gasteiger charge is -2.18. The number of hydrazine groups is 1. The van der Waals surface area contributed by atoms with E-state index in [0.717, 1.165) is 0 Å². The van der Waals surface area contributed by atoms with Crippen LogP contribution in [0.1, 0.15) is 0 Å². The summed E-state index contributed by atoms with van der Waals surface area (Å²) in [5, 5.41) is 0. The van der Waals surface area contributed by atoms with Crippen LogP contribution < -0.4 is 26.8 Å². The van der Waals surface area contributed by atoms with E-state index in [0.29, 0.717) is 11.9 Å². The third-order valence-electron chi connectivity index (χ3n) is 1.88. The van der Waals surface area contributed by atoms with Gasteiger partial charge in [-0.15, -0.1) is 0 Å². The van der Waals surface area contributed by atoms with E-state index >= 15 is 0 Å². The molecule has 1 amide bonds. The van der Waals surface area contributed by atoms with Crippen molar-refractivity contribution in [2.24, 2.45) is 11.6 Å². The van der Waals surface area contributed by atoms with Crippen LogP contribution >= 0.6 is 0 Å². The minimum Gasteiger partial charge on any atom is -0.368 e. The fraction of sp³-hybridized carbons (Fsp3) is 0.500. The van der Waals surface area contributed by atoms with Crippen LogP contribution in [0.2, 0.25) is 0 Å². The molecule has 1 aromatic rings. The first kappa shape index (κ1) is 12.9. The molecule has 0 aliphatic heterocycles. The minimum atomic E-state index is -0.471. The average molecular weight is 240 g/mol. The van der Waals surface area contributed by atoms with Gasteiger partial charge in [-0.3, -0.25) is 10.2 Å². The first-order chi connectivity index (χ1) is 7.93. The van der Waals surface area contributed by atoms with Gasteiger partial charge in [-0.05, 0) is 0 Å². The highest BCUT2D eigenvalue weighted by Gasteiger charge is 2.12. The van der Waals surface area contributed by atoms with Crippen molar-refractivity contribution in [3.05, 3.63) is 0 Å². The van der Waals surface area contributed by atoms with E-state index in [2.05, 4.69) is 20.4 Å². The number of aromatic nitrogens is 3. The summed E-state index contributed by atoms with van der Waals surface area (Å²) in [4.78, 5) is 26.2. The van der Waals surface area contributed by atoms with Crippen molar-refractivity contribution in [2.75, 3.05) is 42.9 Å². The van der Waals surface area contributed by atoms with Crippen LogP contribution in [0.3, 0.4) is 0 Å². The summed E-state index contributed by atoms with van der Waals surface area (Å²) in [7, 11) is 5.22. The summed E-state index contributed by atoms with van der Waals surface area (Å²) in [6, 6.07) is 0. The smallest absolute Gasteiger partial charge is 0.243 e. The molecule has 0 unspecified atom stereocenters. The molecule has 0 spiro atoms. The summed E-state index contributed by atoms with van der Waals surface area (Å²) >= 11 is 0. The highest BCUT2D eigenvalue weighted by atomic mass is 16.1. The normalized spacial score (nSPS) is 9.88. The Labute approximate surface area is 98.8 Å². The number of carbonyl (C=O) groups is 1. The summed E-state index contributed by atoms with van der Waals surface area (Å²) in [5.74, 6) is 5.75. The third kappa shape index (κ3) is 3.41. The van der Waals surface area contributed by atoms with Gasteiger partial charge in [-0.25, -0.2) is 5.84 Å². The van der Waals surface area contributed by atoms with Gasteiger partial charge in [0.2, 0.25) is 23.8 Å². The number of carbonyl (C=O) groups excluding carboxylic acids is 1. The lowest BCUT2D eigenvalue weighted by molar-refractivity contribution is -0.116. The number of anilines is 3. The minimum absolute atomic E-state index is 0.0148. The third-order valence-corrected chi connectivity index (χ3v) is 1.88. The second-order valence-corrected chi connectivity index (χ2v) is 3.62. The highest BCUT2D eigenvalue weighted by Crippen LogP contribution is 2.12. The number of nitrogens with zero attached hydrogens (tertiary/aromatic N) is 5. The summed E-state index contributed by atoms with van der Waals surface area (Å²) in [6.07, 6.45) is 0. The molecule has 5 N–H and O–H groups in total. The number of nitrogen functional groups attached to an aromatic ring is 1. The molecule has 17 heavy (non-hydrogen) atoms. The maximum Gasteiger partial charge on any atom is 0.243 e. The molecule has 0 aliphatic carbocycles. The Kier molecular flexibility index (Phi) is 3.99. The van der Waals surface area contributed by atoms with Crippen molar-refractivity contribution < 1.29 is 4.79 Å². The second kappa shape index (κ2) is 5.25. The molecule has 0 bridgehead atoms. The number of nitrogens with one attached hydrogen (secondary N) is 1. The standard InChI is InChI=1S/C8H16N8O/c1-15(2)7-11-6(14-10)12-8(13-7)16(3)4-5(9)17/h4,10H2,1-3H3,(H2,9,17)(H,11,12,13,14). The molecule has 0 atom stereocenters. The Balaban J connectivity index is 3.05. The molecule has 9 nitrogen and oxygen atoms in total. The molecular weight excluding hydrogens is 224 g/mol. The van der Waals surface area contributed by atoms with E-state index < -0.39 is 5.91 Å².